The van der Waals surface area contributed by atoms with Crippen LogP contribution in [0.25, 0.3) is 0 Å². The Balaban J connectivity index is 1.97. The van der Waals surface area contributed by atoms with Crippen molar-refractivity contribution in [1.29, 1.82) is 0 Å². The van der Waals surface area contributed by atoms with Gasteiger partial charge in [-0.05, 0) is 36.8 Å². The molecule has 1 aromatic carbocycles. The quantitative estimate of drug-likeness (QED) is 0.671. The van der Waals surface area contributed by atoms with E-state index in [1.54, 1.807) is 7.11 Å². The first-order valence-corrected chi connectivity index (χ1v) is 8.33. The number of hydrogen-bond acceptors (Lipinski definition) is 2. The Kier molecular flexibility index (Phi) is 6.72. The smallest absolute Gasteiger partial charge is 0.194 e. The number of ether oxygens (including phenoxy) is 1. The fourth-order valence-corrected chi connectivity index (χ4v) is 2.72. The minimum atomic E-state index is 0.665. The normalized spacial score (nSPS) is 16.9. The lowest BCUT2D eigenvalue weighted by Crippen LogP contribution is -2.45. The third-order valence-corrected chi connectivity index (χ3v) is 4.16. The van der Waals surface area contributed by atoms with E-state index in [0.717, 1.165) is 38.1 Å². The maximum absolute atomic E-state index is 5.14. The summed E-state index contributed by atoms with van der Waals surface area (Å²) in [4.78, 5) is 7.20. The Labute approximate surface area is 134 Å². The van der Waals surface area contributed by atoms with E-state index in [1.165, 1.54) is 24.0 Å². The van der Waals surface area contributed by atoms with Crippen LogP contribution in [0.5, 0.6) is 0 Å². The van der Waals surface area contributed by atoms with Gasteiger partial charge in [-0.1, -0.05) is 31.2 Å². The molecule has 0 bridgehead atoms. The van der Waals surface area contributed by atoms with Gasteiger partial charge in [-0.3, -0.25) is 0 Å². The molecule has 0 aliphatic carbocycles. The number of methoxy groups -OCH3 is 1. The molecule has 0 amide bonds. The highest BCUT2D eigenvalue weighted by molar-refractivity contribution is 5.80. The molecule has 1 aromatic rings. The summed E-state index contributed by atoms with van der Waals surface area (Å²) in [5.74, 6) is 1.89. The number of nitrogens with one attached hydrogen (secondary N) is 1. The topological polar surface area (TPSA) is 36.9 Å². The molecule has 0 unspecified atom stereocenters. The second-order valence-corrected chi connectivity index (χ2v) is 6.09. The standard InChI is InChI=1S/C18H29N3O/c1-4-19-18(21-11-9-15(2)10-12-21)20-13-16-5-7-17(8-6-16)14-22-3/h5-8,15H,4,9-14H2,1-3H3,(H,19,20). The van der Waals surface area contributed by atoms with E-state index in [0.29, 0.717) is 6.61 Å². The van der Waals surface area contributed by atoms with Crippen molar-refractivity contribution in [1.82, 2.24) is 10.2 Å². The maximum atomic E-state index is 5.14. The first kappa shape index (κ1) is 16.8. The van der Waals surface area contributed by atoms with Gasteiger partial charge in [-0.15, -0.1) is 0 Å². The second-order valence-electron chi connectivity index (χ2n) is 6.09. The number of guanidine groups is 1. The number of likely N-dealkylation sites (tertiary alicyclic amines) is 1. The average Bonchev–Trinajstić information content (AvgIpc) is 2.54. The van der Waals surface area contributed by atoms with Gasteiger partial charge in [0.1, 0.15) is 0 Å². The van der Waals surface area contributed by atoms with Gasteiger partial charge in [-0.2, -0.15) is 0 Å². The fraction of sp³-hybridized carbons (Fsp3) is 0.611. The zero-order chi connectivity index (χ0) is 15.8. The molecule has 2 rings (SSSR count). The number of nitrogens with zero attached hydrogens (tertiary/aromatic N) is 2. The van der Waals surface area contributed by atoms with Crippen molar-refractivity contribution in [2.45, 2.75) is 39.8 Å². The molecule has 0 spiro atoms. The average molecular weight is 303 g/mol. The molecule has 1 aliphatic heterocycles. The first-order chi connectivity index (χ1) is 10.7. The predicted octanol–water partition coefficient (Wildman–Crippen LogP) is 3.03. The maximum Gasteiger partial charge on any atom is 0.194 e. The highest BCUT2D eigenvalue weighted by Crippen LogP contribution is 2.16. The number of hydrogen-bond donors (Lipinski definition) is 1. The summed E-state index contributed by atoms with van der Waals surface area (Å²) >= 11 is 0. The Morgan fingerprint density at radius 3 is 2.45 bits per heavy atom. The summed E-state index contributed by atoms with van der Waals surface area (Å²) in [5.41, 5.74) is 2.44. The van der Waals surface area contributed by atoms with Gasteiger partial charge in [0.2, 0.25) is 0 Å². The Morgan fingerprint density at radius 1 is 1.23 bits per heavy atom. The number of rotatable bonds is 5. The summed E-state index contributed by atoms with van der Waals surface area (Å²) in [6.45, 7) is 8.99. The first-order valence-electron chi connectivity index (χ1n) is 8.33. The van der Waals surface area contributed by atoms with Crippen LogP contribution in [0.2, 0.25) is 0 Å². The van der Waals surface area contributed by atoms with E-state index in [2.05, 4.69) is 48.3 Å². The Hall–Kier alpha value is -1.55. The van der Waals surface area contributed by atoms with Crippen LogP contribution in [0.1, 0.15) is 37.8 Å². The lowest BCUT2D eigenvalue weighted by Gasteiger charge is -2.33. The minimum Gasteiger partial charge on any atom is -0.380 e. The number of piperidine rings is 1. The van der Waals surface area contributed by atoms with Crippen molar-refractivity contribution in [2.24, 2.45) is 10.9 Å². The monoisotopic (exact) mass is 303 g/mol. The zero-order valence-corrected chi connectivity index (χ0v) is 14.1. The SMILES string of the molecule is CCNC(=NCc1ccc(COC)cc1)N1CCC(C)CC1. The van der Waals surface area contributed by atoms with Crippen molar-refractivity contribution in [3.05, 3.63) is 35.4 Å². The minimum absolute atomic E-state index is 0.665. The molecule has 22 heavy (non-hydrogen) atoms. The third kappa shape index (κ3) is 5.02. The molecular formula is C18H29N3O. The van der Waals surface area contributed by atoms with Crippen LogP contribution in [0.3, 0.4) is 0 Å². The van der Waals surface area contributed by atoms with Crippen molar-refractivity contribution in [3.63, 3.8) is 0 Å². The van der Waals surface area contributed by atoms with Gasteiger partial charge in [0, 0.05) is 26.7 Å². The van der Waals surface area contributed by atoms with E-state index in [-0.39, 0.29) is 0 Å². The number of benzene rings is 1. The summed E-state index contributed by atoms with van der Waals surface area (Å²) in [6, 6.07) is 8.51. The van der Waals surface area contributed by atoms with Crippen LogP contribution in [-0.4, -0.2) is 37.6 Å². The largest absolute Gasteiger partial charge is 0.380 e. The Bertz CT molecular complexity index is 462. The molecule has 1 saturated heterocycles. The van der Waals surface area contributed by atoms with Gasteiger partial charge in [-0.25, -0.2) is 4.99 Å². The van der Waals surface area contributed by atoms with Crippen molar-refractivity contribution in [2.75, 3.05) is 26.7 Å². The van der Waals surface area contributed by atoms with Crippen molar-refractivity contribution < 1.29 is 4.74 Å². The molecule has 122 valence electrons. The molecule has 1 aliphatic rings. The van der Waals surface area contributed by atoms with E-state index >= 15 is 0 Å². The van der Waals surface area contributed by atoms with Crippen LogP contribution in [0.15, 0.2) is 29.3 Å². The summed E-state index contributed by atoms with van der Waals surface area (Å²) in [6.07, 6.45) is 2.52. The van der Waals surface area contributed by atoms with E-state index in [4.69, 9.17) is 9.73 Å². The van der Waals surface area contributed by atoms with Crippen LogP contribution >= 0.6 is 0 Å². The fourth-order valence-electron chi connectivity index (χ4n) is 2.72. The molecule has 1 fully saturated rings. The van der Waals surface area contributed by atoms with Crippen molar-refractivity contribution >= 4 is 5.96 Å². The molecule has 0 aromatic heterocycles. The Morgan fingerprint density at radius 2 is 1.86 bits per heavy atom. The molecule has 4 nitrogen and oxygen atoms in total. The predicted molar refractivity (Wildman–Crippen MR) is 91.9 cm³/mol. The van der Waals surface area contributed by atoms with E-state index < -0.39 is 0 Å². The third-order valence-electron chi connectivity index (χ3n) is 4.16. The lowest BCUT2D eigenvalue weighted by molar-refractivity contribution is 0.185. The molecule has 0 atom stereocenters. The van der Waals surface area contributed by atoms with Gasteiger partial charge >= 0.3 is 0 Å². The van der Waals surface area contributed by atoms with Gasteiger partial charge < -0.3 is 15.0 Å². The highest BCUT2D eigenvalue weighted by Gasteiger charge is 2.18. The van der Waals surface area contributed by atoms with E-state index in [9.17, 15) is 0 Å². The van der Waals surface area contributed by atoms with Crippen LogP contribution in [0, 0.1) is 5.92 Å². The highest BCUT2D eigenvalue weighted by atomic mass is 16.5. The summed E-state index contributed by atoms with van der Waals surface area (Å²) in [7, 11) is 1.72. The molecule has 1 N–H and O–H groups in total. The summed E-state index contributed by atoms with van der Waals surface area (Å²) < 4.78 is 5.14. The van der Waals surface area contributed by atoms with E-state index in [1.807, 2.05) is 0 Å². The molecule has 0 saturated carbocycles. The molecule has 4 heteroatoms. The second kappa shape index (κ2) is 8.79. The summed E-state index contributed by atoms with van der Waals surface area (Å²) in [5, 5.41) is 3.43. The van der Waals surface area contributed by atoms with Crippen LogP contribution in [0.4, 0.5) is 0 Å². The molecule has 1 heterocycles. The van der Waals surface area contributed by atoms with Gasteiger partial charge in [0.05, 0.1) is 13.2 Å². The van der Waals surface area contributed by atoms with Crippen LogP contribution in [-0.2, 0) is 17.9 Å². The molecular weight excluding hydrogens is 274 g/mol. The molecule has 0 radical (unpaired) electrons. The zero-order valence-electron chi connectivity index (χ0n) is 14.1. The lowest BCUT2D eigenvalue weighted by atomic mass is 10.00. The number of aliphatic imine (C=N–C) groups is 1. The van der Waals surface area contributed by atoms with Gasteiger partial charge in [0.15, 0.2) is 5.96 Å². The van der Waals surface area contributed by atoms with Crippen LogP contribution < -0.4 is 5.32 Å². The van der Waals surface area contributed by atoms with Gasteiger partial charge in [0.25, 0.3) is 0 Å². The van der Waals surface area contributed by atoms with Crippen molar-refractivity contribution in [3.8, 4) is 0 Å².